The molecule has 1 N–H and O–H groups in total. The Kier molecular flexibility index (Phi) is 4.39. The van der Waals surface area contributed by atoms with Gasteiger partial charge in [-0.25, -0.2) is 8.42 Å². The standard InChI is InChI=1S/C18H16ClNO3S/c1-12-9-15(19)5-8-18(12)20-24(21,22)17-7-4-13-10-16(23-2)6-3-14(13)11-17/h3-11,20H,1-2H3. The van der Waals surface area contributed by atoms with E-state index in [1.807, 2.05) is 12.1 Å². The van der Waals surface area contributed by atoms with E-state index < -0.39 is 10.0 Å². The molecule has 3 aromatic carbocycles. The Morgan fingerprint density at radius 3 is 2.38 bits per heavy atom. The van der Waals surface area contributed by atoms with Crippen molar-refractivity contribution in [3.8, 4) is 5.75 Å². The lowest BCUT2D eigenvalue weighted by Gasteiger charge is -2.11. The molecule has 124 valence electrons. The molecule has 0 heterocycles. The van der Waals surface area contributed by atoms with Gasteiger partial charge < -0.3 is 4.74 Å². The van der Waals surface area contributed by atoms with Gasteiger partial charge in [-0.2, -0.15) is 0 Å². The number of nitrogens with one attached hydrogen (secondary N) is 1. The number of fused-ring (bicyclic) bond motifs is 1. The van der Waals surface area contributed by atoms with Crippen molar-refractivity contribution in [1.29, 1.82) is 0 Å². The summed E-state index contributed by atoms with van der Waals surface area (Å²) >= 11 is 5.91. The van der Waals surface area contributed by atoms with E-state index >= 15 is 0 Å². The highest BCUT2D eigenvalue weighted by Gasteiger charge is 2.16. The number of anilines is 1. The van der Waals surface area contributed by atoms with Crippen LogP contribution in [0.4, 0.5) is 5.69 Å². The maximum absolute atomic E-state index is 12.6. The van der Waals surface area contributed by atoms with E-state index in [0.29, 0.717) is 10.7 Å². The molecular weight excluding hydrogens is 346 g/mol. The van der Waals surface area contributed by atoms with Crippen LogP contribution in [0.15, 0.2) is 59.5 Å². The van der Waals surface area contributed by atoms with Crippen LogP contribution >= 0.6 is 11.6 Å². The van der Waals surface area contributed by atoms with Crippen LogP contribution in [-0.4, -0.2) is 15.5 Å². The molecule has 0 aliphatic heterocycles. The van der Waals surface area contributed by atoms with E-state index in [1.165, 1.54) is 0 Å². The van der Waals surface area contributed by atoms with Crippen molar-refractivity contribution < 1.29 is 13.2 Å². The van der Waals surface area contributed by atoms with Crippen LogP contribution in [0, 0.1) is 6.92 Å². The van der Waals surface area contributed by atoms with E-state index in [-0.39, 0.29) is 4.90 Å². The number of hydrogen-bond acceptors (Lipinski definition) is 3. The van der Waals surface area contributed by atoms with E-state index in [2.05, 4.69) is 4.72 Å². The number of halogens is 1. The molecule has 0 aliphatic rings. The Morgan fingerprint density at radius 1 is 0.958 bits per heavy atom. The van der Waals surface area contributed by atoms with Gasteiger partial charge in [0.1, 0.15) is 5.75 Å². The fraction of sp³-hybridized carbons (Fsp3) is 0.111. The summed E-state index contributed by atoms with van der Waals surface area (Å²) in [6, 6.07) is 15.5. The molecule has 0 bridgehead atoms. The molecule has 0 spiro atoms. The molecule has 4 nitrogen and oxygen atoms in total. The second kappa shape index (κ2) is 6.34. The number of sulfonamides is 1. The molecule has 0 fully saturated rings. The minimum Gasteiger partial charge on any atom is -0.497 e. The van der Waals surface area contributed by atoms with Crippen LogP contribution < -0.4 is 9.46 Å². The topological polar surface area (TPSA) is 55.4 Å². The summed E-state index contributed by atoms with van der Waals surface area (Å²) < 4.78 is 33.1. The quantitative estimate of drug-likeness (QED) is 0.738. The van der Waals surface area contributed by atoms with Gasteiger partial charge in [0.2, 0.25) is 0 Å². The third-order valence-corrected chi connectivity index (χ3v) is 5.36. The molecule has 0 atom stereocenters. The molecule has 0 amide bonds. The first kappa shape index (κ1) is 16.6. The molecule has 0 saturated heterocycles. The predicted octanol–water partition coefficient (Wildman–Crippen LogP) is 4.61. The van der Waals surface area contributed by atoms with Gasteiger partial charge in [0.25, 0.3) is 10.0 Å². The molecular formula is C18H16ClNO3S. The predicted molar refractivity (Wildman–Crippen MR) is 97.5 cm³/mol. The lowest BCUT2D eigenvalue weighted by atomic mass is 10.1. The van der Waals surface area contributed by atoms with Crippen molar-refractivity contribution >= 4 is 38.1 Å². The van der Waals surface area contributed by atoms with Gasteiger partial charge in [-0.3, -0.25) is 4.72 Å². The van der Waals surface area contributed by atoms with E-state index in [0.717, 1.165) is 22.1 Å². The van der Waals surface area contributed by atoms with Crippen molar-refractivity contribution in [3.63, 3.8) is 0 Å². The van der Waals surface area contributed by atoms with Gasteiger partial charge in [-0.15, -0.1) is 0 Å². The summed E-state index contributed by atoms with van der Waals surface area (Å²) in [6.45, 7) is 1.80. The molecule has 0 saturated carbocycles. The molecule has 3 aromatic rings. The Bertz CT molecular complexity index is 1020. The second-order valence-electron chi connectivity index (χ2n) is 5.44. The third-order valence-electron chi connectivity index (χ3n) is 3.76. The van der Waals surface area contributed by atoms with E-state index in [1.54, 1.807) is 56.5 Å². The van der Waals surface area contributed by atoms with Crippen molar-refractivity contribution in [1.82, 2.24) is 0 Å². The van der Waals surface area contributed by atoms with Crippen LogP contribution in [0.5, 0.6) is 5.75 Å². The van der Waals surface area contributed by atoms with Crippen LogP contribution in [0.1, 0.15) is 5.56 Å². The molecule has 0 aliphatic carbocycles. The number of rotatable bonds is 4. The third kappa shape index (κ3) is 3.32. The second-order valence-corrected chi connectivity index (χ2v) is 7.56. The summed E-state index contributed by atoms with van der Waals surface area (Å²) in [6.07, 6.45) is 0. The van der Waals surface area contributed by atoms with E-state index in [9.17, 15) is 8.42 Å². The average molecular weight is 362 g/mol. The zero-order valence-corrected chi connectivity index (χ0v) is 14.8. The van der Waals surface area contributed by atoms with Crippen LogP contribution in [0.2, 0.25) is 5.02 Å². The lowest BCUT2D eigenvalue weighted by Crippen LogP contribution is -2.13. The highest BCUT2D eigenvalue weighted by atomic mass is 35.5. The van der Waals surface area contributed by atoms with Crippen LogP contribution in [0.3, 0.4) is 0 Å². The lowest BCUT2D eigenvalue weighted by molar-refractivity contribution is 0.415. The summed E-state index contributed by atoms with van der Waals surface area (Å²) in [5.74, 6) is 0.730. The normalized spacial score (nSPS) is 11.5. The van der Waals surface area contributed by atoms with Crippen molar-refractivity contribution in [2.45, 2.75) is 11.8 Å². The SMILES string of the molecule is COc1ccc2cc(S(=O)(=O)Nc3ccc(Cl)cc3C)ccc2c1. The van der Waals surface area contributed by atoms with Gasteiger partial charge in [0.05, 0.1) is 17.7 Å². The monoisotopic (exact) mass is 361 g/mol. The minimum absolute atomic E-state index is 0.203. The fourth-order valence-corrected chi connectivity index (χ4v) is 3.83. The number of ether oxygens (including phenoxy) is 1. The molecule has 3 rings (SSSR count). The maximum atomic E-state index is 12.6. The number of methoxy groups -OCH3 is 1. The number of benzene rings is 3. The maximum Gasteiger partial charge on any atom is 0.261 e. The summed E-state index contributed by atoms with van der Waals surface area (Å²) in [5.41, 5.74) is 1.27. The summed E-state index contributed by atoms with van der Waals surface area (Å²) in [5, 5.41) is 2.30. The zero-order chi connectivity index (χ0) is 17.3. The van der Waals surface area contributed by atoms with Gasteiger partial charge in [0.15, 0.2) is 0 Å². The Labute approximate surface area is 146 Å². The highest BCUT2D eigenvalue weighted by molar-refractivity contribution is 7.92. The smallest absolute Gasteiger partial charge is 0.261 e. The summed E-state index contributed by atoms with van der Waals surface area (Å²) in [7, 11) is -2.08. The Balaban J connectivity index is 1.98. The van der Waals surface area contributed by atoms with Crippen LogP contribution in [0.25, 0.3) is 10.8 Å². The summed E-state index contributed by atoms with van der Waals surface area (Å²) in [4.78, 5) is 0.203. The fourth-order valence-electron chi connectivity index (χ4n) is 2.44. The first-order valence-electron chi connectivity index (χ1n) is 7.26. The average Bonchev–Trinajstić information content (AvgIpc) is 2.56. The minimum atomic E-state index is -3.68. The Morgan fingerprint density at radius 2 is 1.67 bits per heavy atom. The van der Waals surface area contributed by atoms with E-state index in [4.69, 9.17) is 16.3 Å². The van der Waals surface area contributed by atoms with Crippen molar-refractivity contribution in [2.75, 3.05) is 11.8 Å². The molecule has 24 heavy (non-hydrogen) atoms. The molecule has 6 heteroatoms. The molecule has 0 radical (unpaired) electrons. The van der Waals surface area contributed by atoms with Crippen molar-refractivity contribution in [2.24, 2.45) is 0 Å². The van der Waals surface area contributed by atoms with Gasteiger partial charge in [-0.05, 0) is 65.7 Å². The van der Waals surface area contributed by atoms with Crippen molar-refractivity contribution in [3.05, 3.63) is 65.2 Å². The molecule has 0 aromatic heterocycles. The first-order valence-corrected chi connectivity index (χ1v) is 9.12. The molecule has 0 unspecified atom stereocenters. The Hall–Kier alpha value is -2.24. The van der Waals surface area contributed by atoms with Crippen LogP contribution in [-0.2, 0) is 10.0 Å². The number of hydrogen-bond donors (Lipinski definition) is 1. The van der Waals surface area contributed by atoms with Gasteiger partial charge >= 0.3 is 0 Å². The van der Waals surface area contributed by atoms with Gasteiger partial charge in [0, 0.05) is 5.02 Å². The van der Waals surface area contributed by atoms with Gasteiger partial charge in [-0.1, -0.05) is 23.7 Å². The largest absolute Gasteiger partial charge is 0.497 e. The highest BCUT2D eigenvalue weighted by Crippen LogP contribution is 2.26. The number of aryl methyl sites for hydroxylation is 1. The first-order chi connectivity index (χ1) is 11.4. The zero-order valence-electron chi connectivity index (χ0n) is 13.2.